The van der Waals surface area contributed by atoms with Crippen LogP contribution in [0.2, 0.25) is 5.02 Å². The zero-order chi connectivity index (χ0) is 15.3. The van der Waals surface area contributed by atoms with Gasteiger partial charge < -0.3 is 10.6 Å². The van der Waals surface area contributed by atoms with E-state index in [1.165, 1.54) is 0 Å². The number of nitrogens with two attached hydrogens (primary N) is 1. The Labute approximate surface area is 134 Å². The molecule has 1 amide bonds. The molecule has 0 bridgehead atoms. The van der Waals surface area contributed by atoms with Crippen molar-refractivity contribution in [2.45, 2.75) is 27.2 Å². The summed E-state index contributed by atoms with van der Waals surface area (Å²) in [6.45, 7) is 8.04. The molecule has 20 heavy (non-hydrogen) atoms. The van der Waals surface area contributed by atoms with Gasteiger partial charge in [-0.3, -0.25) is 4.79 Å². The molecule has 1 rings (SSSR count). The highest BCUT2D eigenvalue weighted by Gasteiger charge is 2.25. The van der Waals surface area contributed by atoms with E-state index in [1.807, 2.05) is 11.0 Å². The smallest absolute Gasteiger partial charge is 0.255 e. The van der Waals surface area contributed by atoms with Crippen LogP contribution in [0.25, 0.3) is 0 Å². The van der Waals surface area contributed by atoms with E-state index in [0.29, 0.717) is 30.2 Å². The lowest BCUT2D eigenvalue weighted by Crippen LogP contribution is -2.42. The SMILES string of the molecule is CCCN(CC(C)(C)CN)C(=O)c1ccc(Br)cc1Cl. The van der Waals surface area contributed by atoms with Gasteiger partial charge in [-0.15, -0.1) is 0 Å². The summed E-state index contributed by atoms with van der Waals surface area (Å²) in [4.78, 5) is 14.5. The maximum atomic E-state index is 12.6. The molecule has 0 aliphatic heterocycles. The third-order valence-electron chi connectivity index (χ3n) is 3.11. The van der Waals surface area contributed by atoms with Crippen molar-refractivity contribution in [3.63, 3.8) is 0 Å². The number of nitrogens with zero attached hydrogens (tertiary/aromatic N) is 1. The molecule has 2 N–H and O–H groups in total. The van der Waals surface area contributed by atoms with Crippen molar-refractivity contribution >= 4 is 33.4 Å². The van der Waals surface area contributed by atoms with Gasteiger partial charge in [-0.25, -0.2) is 0 Å². The first-order chi connectivity index (χ1) is 9.30. The normalized spacial score (nSPS) is 11.5. The molecule has 0 aromatic heterocycles. The highest BCUT2D eigenvalue weighted by Crippen LogP contribution is 2.24. The summed E-state index contributed by atoms with van der Waals surface area (Å²) in [5, 5.41) is 0.469. The fourth-order valence-electron chi connectivity index (χ4n) is 1.94. The maximum Gasteiger partial charge on any atom is 0.255 e. The van der Waals surface area contributed by atoms with E-state index < -0.39 is 0 Å². The fraction of sp³-hybridized carbons (Fsp3) is 0.533. The Kier molecular flexibility index (Phi) is 6.49. The molecule has 5 heteroatoms. The van der Waals surface area contributed by atoms with Crippen LogP contribution in [0.3, 0.4) is 0 Å². The molecule has 0 radical (unpaired) electrons. The van der Waals surface area contributed by atoms with Gasteiger partial charge >= 0.3 is 0 Å². The summed E-state index contributed by atoms with van der Waals surface area (Å²) in [6, 6.07) is 5.33. The standard InChI is InChI=1S/C15H22BrClN2O/c1-4-7-19(10-15(2,3)9-18)14(20)12-6-5-11(16)8-13(12)17/h5-6,8H,4,7,9-10,18H2,1-3H3. The maximum absolute atomic E-state index is 12.6. The highest BCUT2D eigenvalue weighted by atomic mass is 79.9. The van der Waals surface area contributed by atoms with Crippen molar-refractivity contribution < 1.29 is 4.79 Å². The number of carbonyl (C=O) groups is 1. The quantitative estimate of drug-likeness (QED) is 0.834. The van der Waals surface area contributed by atoms with Gasteiger partial charge in [0.25, 0.3) is 5.91 Å². The van der Waals surface area contributed by atoms with Crippen LogP contribution in [-0.4, -0.2) is 30.4 Å². The van der Waals surface area contributed by atoms with E-state index in [4.69, 9.17) is 17.3 Å². The second-order valence-corrected chi connectivity index (χ2v) is 7.04. The van der Waals surface area contributed by atoms with Crippen molar-refractivity contribution in [3.05, 3.63) is 33.3 Å². The van der Waals surface area contributed by atoms with Crippen molar-refractivity contribution in [1.82, 2.24) is 4.90 Å². The number of halogens is 2. The third-order valence-corrected chi connectivity index (χ3v) is 3.92. The third kappa shape index (κ3) is 4.76. The average molecular weight is 362 g/mol. The first kappa shape index (κ1) is 17.5. The molecule has 0 saturated carbocycles. The summed E-state index contributed by atoms with van der Waals surface area (Å²) in [5.74, 6) is -0.0362. The molecule has 0 heterocycles. The molecule has 0 spiro atoms. The number of carbonyl (C=O) groups excluding carboxylic acids is 1. The average Bonchev–Trinajstić information content (AvgIpc) is 2.37. The summed E-state index contributed by atoms with van der Waals surface area (Å²) in [5.41, 5.74) is 6.20. The molecule has 3 nitrogen and oxygen atoms in total. The monoisotopic (exact) mass is 360 g/mol. The first-order valence-electron chi connectivity index (χ1n) is 6.75. The van der Waals surface area contributed by atoms with Crippen LogP contribution in [0.5, 0.6) is 0 Å². The molecule has 112 valence electrons. The number of hydrogen-bond acceptors (Lipinski definition) is 2. The predicted molar refractivity (Wildman–Crippen MR) is 88.2 cm³/mol. The predicted octanol–water partition coefficient (Wildman–Crippen LogP) is 3.94. The topological polar surface area (TPSA) is 46.3 Å². The summed E-state index contributed by atoms with van der Waals surface area (Å²) in [7, 11) is 0. The molecule has 0 aliphatic rings. The Balaban J connectivity index is 2.99. The van der Waals surface area contributed by atoms with Gasteiger partial charge in [0.15, 0.2) is 0 Å². The van der Waals surface area contributed by atoms with Gasteiger partial charge in [0.2, 0.25) is 0 Å². The number of benzene rings is 1. The zero-order valence-electron chi connectivity index (χ0n) is 12.2. The Morgan fingerprint density at radius 1 is 1.45 bits per heavy atom. The van der Waals surface area contributed by atoms with Gasteiger partial charge in [0.05, 0.1) is 10.6 Å². The van der Waals surface area contributed by atoms with Crippen molar-refractivity contribution in [3.8, 4) is 0 Å². The van der Waals surface area contributed by atoms with Crippen molar-refractivity contribution in [1.29, 1.82) is 0 Å². The second-order valence-electron chi connectivity index (χ2n) is 5.72. The van der Waals surface area contributed by atoms with Crippen LogP contribution in [0.1, 0.15) is 37.6 Å². The van der Waals surface area contributed by atoms with Crippen LogP contribution < -0.4 is 5.73 Å². The second kappa shape index (κ2) is 7.43. The molecule has 0 fully saturated rings. The minimum Gasteiger partial charge on any atom is -0.338 e. The van der Waals surface area contributed by atoms with Crippen LogP contribution >= 0.6 is 27.5 Å². The molecule has 0 unspecified atom stereocenters. The Morgan fingerprint density at radius 2 is 2.10 bits per heavy atom. The lowest BCUT2D eigenvalue weighted by Gasteiger charge is -2.32. The van der Waals surface area contributed by atoms with E-state index in [1.54, 1.807) is 12.1 Å². The lowest BCUT2D eigenvalue weighted by atomic mass is 9.92. The zero-order valence-corrected chi connectivity index (χ0v) is 14.6. The van der Waals surface area contributed by atoms with E-state index >= 15 is 0 Å². The van der Waals surface area contributed by atoms with Crippen LogP contribution in [0, 0.1) is 5.41 Å². The summed E-state index contributed by atoms with van der Waals surface area (Å²) >= 11 is 9.52. The van der Waals surface area contributed by atoms with Crippen molar-refractivity contribution in [2.75, 3.05) is 19.6 Å². The number of amides is 1. The van der Waals surface area contributed by atoms with Gasteiger partial charge in [0, 0.05) is 17.6 Å². The largest absolute Gasteiger partial charge is 0.338 e. The first-order valence-corrected chi connectivity index (χ1v) is 7.92. The van der Waals surface area contributed by atoms with Crippen LogP contribution in [0.15, 0.2) is 22.7 Å². The van der Waals surface area contributed by atoms with Gasteiger partial charge in [-0.2, -0.15) is 0 Å². The molecule has 1 aromatic rings. The van der Waals surface area contributed by atoms with E-state index in [2.05, 4.69) is 36.7 Å². The van der Waals surface area contributed by atoms with E-state index in [0.717, 1.165) is 10.9 Å². The molecular formula is C15H22BrClN2O. The van der Waals surface area contributed by atoms with Gasteiger partial charge in [-0.1, -0.05) is 48.3 Å². The van der Waals surface area contributed by atoms with Crippen LogP contribution in [-0.2, 0) is 0 Å². The molecular weight excluding hydrogens is 340 g/mol. The minimum absolute atomic E-state index is 0.0362. The van der Waals surface area contributed by atoms with Gasteiger partial charge in [0.1, 0.15) is 0 Å². The summed E-state index contributed by atoms with van der Waals surface area (Å²) < 4.78 is 0.864. The van der Waals surface area contributed by atoms with E-state index in [-0.39, 0.29) is 11.3 Å². The molecule has 0 atom stereocenters. The molecule has 0 aliphatic carbocycles. The highest BCUT2D eigenvalue weighted by molar-refractivity contribution is 9.10. The molecule has 0 saturated heterocycles. The summed E-state index contributed by atoms with van der Waals surface area (Å²) in [6.07, 6.45) is 0.903. The lowest BCUT2D eigenvalue weighted by molar-refractivity contribution is 0.0689. The fourth-order valence-corrected chi connectivity index (χ4v) is 2.69. The van der Waals surface area contributed by atoms with Crippen LogP contribution in [0.4, 0.5) is 0 Å². The van der Waals surface area contributed by atoms with Crippen molar-refractivity contribution in [2.24, 2.45) is 11.1 Å². The number of hydrogen-bond donors (Lipinski definition) is 1. The Morgan fingerprint density at radius 3 is 2.60 bits per heavy atom. The minimum atomic E-state index is -0.104. The Bertz CT molecular complexity index is 477. The number of rotatable bonds is 6. The Hall–Kier alpha value is -0.580. The van der Waals surface area contributed by atoms with Gasteiger partial charge in [-0.05, 0) is 36.6 Å². The molecule has 1 aromatic carbocycles. The van der Waals surface area contributed by atoms with E-state index in [9.17, 15) is 4.79 Å².